The van der Waals surface area contributed by atoms with E-state index in [9.17, 15) is 0 Å². The van der Waals surface area contributed by atoms with E-state index in [2.05, 4.69) is 19.6 Å². The van der Waals surface area contributed by atoms with Crippen molar-refractivity contribution in [2.24, 2.45) is 0 Å². The lowest BCUT2D eigenvalue weighted by Crippen LogP contribution is -1.90. The third kappa shape index (κ3) is 2.96. The second kappa shape index (κ2) is 5.18. The standard InChI is InChI=1S/C11H15OS/c1-3-4-11(13)9-5-7-10(12-2)8-6-9/h5-8,11,13H,1,3-4H2,2H3. The van der Waals surface area contributed by atoms with E-state index in [1.54, 1.807) is 7.11 Å². The first-order chi connectivity index (χ1) is 6.27. The predicted molar refractivity (Wildman–Crippen MR) is 59.3 cm³/mol. The SMILES string of the molecule is [CH2]CCC(S)c1ccc(OC)cc1. The molecular formula is C11H15OS. The molecule has 2 heteroatoms. The first-order valence-corrected chi connectivity index (χ1v) is 4.91. The summed E-state index contributed by atoms with van der Waals surface area (Å²) in [6, 6.07) is 8.02. The van der Waals surface area contributed by atoms with E-state index in [1.165, 1.54) is 5.56 Å². The highest BCUT2D eigenvalue weighted by Crippen LogP contribution is 2.26. The lowest BCUT2D eigenvalue weighted by Gasteiger charge is -2.09. The van der Waals surface area contributed by atoms with Gasteiger partial charge in [-0.15, -0.1) is 0 Å². The minimum absolute atomic E-state index is 0.295. The molecule has 1 rings (SSSR count). The Labute approximate surface area is 85.5 Å². The molecule has 1 unspecified atom stereocenters. The molecule has 0 aliphatic carbocycles. The molecule has 1 aromatic rings. The van der Waals surface area contributed by atoms with Gasteiger partial charge in [0, 0.05) is 5.25 Å². The van der Waals surface area contributed by atoms with Crippen LogP contribution in [0.5, 0.6) is 5.75 Å². The average Bonchev–Trinajstić information content (AvgIpc) is 2.18. The van der Waals surface area contributed by atoms with Gasteiger partial charge in [0.05, 0.1) is 7.11 Å². The molecule has 71 valence electrons. The molecule has 0 amide bonds. The molecular weight excluding hydrogens is 180 g/mol. The van der Waals surface area contributed by atoms with Gasteiger partial charge in [0.2, 0.25) is 0 Å². The second-order valence-electron chi connectivity index (χ2n) is 2.93. The molecule has 1 nitrogen and oxygen atoms in total. The summed E-state index contributed by atoms with van der Waals surface area (Å²) in [5, 5.41) is 0.295. The van der Waals surface area contributed by atoms with Crippen LogP contribution >= 0.6 is 12.6 Å². The van der Waals surface area contributed by atoms with E-state index in [4.69, 9.17) is 4.74 Å². The molecule has 0 bridgehead atoms. The predicted octanol–water partition coefficient (Wildman–Crippen LogP) is 3.28. The monoisotopic (exact) mass is 195 g/mol. The van der Waals surface area contributed by atoms with Gasteiger partial charge in [-0.2, -0.15) is 12.6 Å². The van der Waals surface area contributed by atoms with Gasteiger partial charge in [-0.1, -0.05) is 25.5 Å². The Morgan fingerprint density at radius 1 is 1.38 bits per heavy atom. The van der Waals surface area contributed by atoms with Crippen LogP contribution in [0.2, 0.25) is 0 Å². The number of methoxy groups -OCH3 is 1. The van der Waals surface area contributed by atoms with Crippen molar-refractivity contribution >= 4 is 12.6 Å². The fraction of sp³-hybridized carbons (Fsp3) is 0.364. The lowest BCUT2D eigenvalue weighted by atomic mass is 10.1. The van der Waals surface area contributed by atoms with E-state index in [1.807, 2.05) is 24.3 Å². The van der Waals surface area contributed by atoms with Gasteiger partial charge in [0.15, 0.2) is 0 Å². The van der Waals surface area contributed by atoms with Crippen LogP contribution in [0, 0.1) is 6.92 Å². The fourth-order valence-corrected chi connectivity index (χ4v) is 1.54. The van der Waals surface area contributed by atoms with Gasteiger partial charge in [0.1, 0.15) is 5.75 Å². The van der Waals surface area contributed by atoms with Crippen molar-refractivity contribution < 1.29 is 4.74 Å². The molecule has 0 saturated heterocycles. The second-order valence-corrected chi connectivity index (χ2v) is 3.55. The van der Waals surface area contributed by atoms with Crippen LogP contribution in [-0.2, 0) is 0 Å². The number of hydrogen-bond acceptors (Lipinski definition) is 2. The molecule has 0 saturated carbocycles. The minimum atomic E-state index is 0.295. The molecule has 0 spiro atoms. The third-order valence-corrected chi connectivity index (χ3v) is 2.53. The maximum absolute atomic E-state index is 5.07. The number of rotatable bonds is 4. The molecule has 0 fully saturated rings. The number of benzene rings is 1. The first-order valence-electron chi connectivity index (χ1n) is 4.39. The van der Waals surface area contributed by atoms with Gasteiger partial charge in [-0.3, -0.25) is 0 Å². The Hall–Kier alpha value is -0.630. The zero-order valence-electron chi connectivity index (χ0n) is 7.86. The maximum atomic E-state index is 5.07. The lowest BCUT2D eigenvalue weighted by molar-refractivity contribution is 0.414. The summed E-state index contributed by atoms with van der Waals surface area (Å²) in [4.78, 5) is 0. The van der Waals surface area contributed by atoms with Crippen molar-refractivity contribution in [2.75, 3.05) is 7.11 Å². The molecule has 0 aromatic heterocycles. The summed E-state index contributed by atoms with van der Waals surface area (Å²) in [6.45, 7) is 3.81. The average molecular weight is 195 g/mol. The highest BCUT2D eigenvalue weighted by atomic mass is 32.1. The Kier molecular flexibility index (Phi) is 4.16. The molecule has 1 aromatic carbocycles. The van der Waals surface area contributed by atoms with E-state index < -0.39 is 0 Å². The molecule has 0 aliphatic heterocycles. The van der Waals surface area contributed by atoms with Gasteiger partial charge >= 0.3 is 0 Å². The third-order valence-electron chi connectivity index (χ3n) is 1.98. The number of ether oxygens (including phenoxy) is 1. The summed E-state index contributed by atoms with van der Waals surface area (Å²) in [5.74, 6) is 0.888. The smallest absolute Gasteiger partial charge is 0.118 e. The summed E-state index contributed by atoms with van der Waals surface area (Å²) < 4.78 is 5.07. The van der Waals surface area contributed by atoms with Crippen molar-refractivity contribution in [3.8, 4) is 5.75 Å². The van der Waals surface area contributed by atoms with Crippen molar-refractivity contribution in [1.82, 2.24) is 0 Å². The summed E-state index contributed by atoms with van der Waals surface area (Å²) >= 11 is 4.48. The van der Waals surface area contributed by atoms with Gasteiger partial charge < -0.3 is 4.74 Å². The van der Waals surface area contributed by atoms with Crippen molar-refractivity contribution in [2.45, 2.75) is 18.1 Å². The van der Waals surface area contributed by atoms with Crippen LogP contribution in [0.25, 0.3) is 0 Å². The van der Waals surface area contributed by atoms with Gasteiger partial charge in [0.25, 0.3) is 0 Å². The zero-order valence-corrected chi connectivity index (χ0v) is 8.76. The van der Waals surface area contributed by atoms with Crippen LogP contribution in [0.1, 0.15) is 23.7 Å². The quantitative estimate of drug-likeness (QED) is 0.725. The first kappa shape index (κ1) is 10.5. The topological polar surface area (TPSA) is 9.23 Å². The molecule has 0 heterocycles. The summed E-state index contributed by atoms with van der Waals surface area (Å²) in [5.41, 5.74) is 1.23. The van der Waals surface area contributed by atoms with E-state index in [0.29, 0.717) is 5.25 Å². The largest absolute Gasteiger partial charge is 0.497 e. The molecule has 1 radical (unpaired) electrons. The Morgan fingerprint density at radius 2 is 2.00 bits per heavy atom. The Balaban J connectivity index is 2.67. The van der Waals surface area contributed by atoms with Crippen LogP contribution in [0.4, 0.5) is 0 Å². The summed E-state index contributed by atoms with van der Waals surface area (Å²) in [6.07, 6.45) is 1.93. The van der Waals surface area contributed by atoms with Crippen LogP contribution in [0.15, 0.2) is 24.3 Å². The van der Waals surface area contributed by atoms with Crippen LogP contribution in [-0.4, -0.2) is 7.11 Å². The normalized spacial score (nSPS) is 12.5. The van der Waals surface area contributed by atoms with Gasteiger partial charge in [-0.25, -0.2) is 0 Å². The van der Waals surface area contributed by atoms with E-state index in [-0.39, 0.29) is 0 Å². The van der Waals surface area contributed by atoms with Crippen LogP contribution < -0.4 is 4.74 Å². The van der Waals surface area contributed by atoms with Crippen LogP contribution in [0.3, 0.4) is 0 Å². The van der Waals surface area contributed by atoms with Crippen molar-refractivity contribution in [3.63, 3.8) is 0 Å². The molecule has 0 N–H and O–H groups in total. The van der Waals surface area contributed by atoms with Gasteiger partial charge in [-0.05, 0) is 24.1 Å². The highest BCUT2D eigenvalue weighted by Gasteiger charge is 2.04. The van der Waals surface area contributed by atoms with E-state index >= 15 is 0 Å². The van der Waals surface area contributed by atoms with Crippen molar-refractivity contribution in [3.05, 3.63) is 36.8 Å². The molecule has 1 atom stereocenters. The number of thiol groups is 1. The summed E-state index contributed by atoms with van der Waals surface area (Å²) in [7, 11) is 1.67. The van der Waals surface area contributed by atoms with Crippen molar-refractivity contribution in [1.29, 1.82) is 0 Å². The molecule has 13 heavy (non-hydrogen) atoms. The maximum Gasteiger partial charge on any atom is 0.118 e. The Morgan fingerprint density at radius 3 is 2.46 bits per heavy atom. The zero-order chi connectivity index (χ0) is 9.68. The highest BCUT2D eigenvalue weighted by molar-refractivity contribution is 7.80. The van der Waals surface area contributed by atoms with E-state index in [0.717, 1.165) is 18.6 Å². The number of hydrogen-bond donors (Lipinski definition) is 1. The minimum Gasteiger partial charge on any atom is -0.497 e. The fourth-order valence-electron chi connectivity index (χ4n) is 1.19. The molecule has 0 aliphatic rings. The Bertz CT molecular complexity index is 243.